The van der Waals surface area contributed by atoms with E-state index in [0.29, 0.717) is 30.7 Å². The highest BCUT2D eigenvalue weighted by atomic mass is 16.6. The van der Waals surface area contributed by atoms with Crippen molar-refractivity contribution < 1.29 is 18.8 Å². The van der Waals surface area contributed by atoms with Crippen LogP contribution in [-0.4, -0.2) is 22.7 Å². The molecular formula is C17H20N2O4. The zero-order chi connectivity index (χ0) is 16.2. The Bertz CT molecular complexity index is 681. The molecule has 0 saturated heterocycles. The number of carbonyl (C=O) groups is 1. The van der Waals surface area contributed by atoms with E-state index >= 15 is 0 Å². The Morgan fingerprint density at radius 1 is 1.39 bits per heavy atom. The fraction of sp³-hybridized carbons (Fsp3) is 0.471. The monoisotopic (exact) mass is 316 g/mol. The van der Waals surface area contributed by atoms with Crippen molar-refractivity contribution >= 4 is 5.97 Å². The van der Waals surface area contributed by atoms with Gasteiger partial charge in [0.25, 0.3) is 5.89 Å². The van der Waals surface area contributed by atoms with Crippen molar-refractivity contribution in [3.05, 3.63) is 41.5 Å². The summed E-state index contributed by atoms with van der Waals surface area (Å²) in [7, 11) is 0. The normalized spacial score (nSPS) is 16.7. The molecule has 122 valence electrons. The maximum Gasteiger partial charge on any atom is 0.313 e. The zero-order valence-corrected chi connectivity index (χ0v) is 13.3. The summed E-state index contributed by atoms with van der Waals surface area (Å²) >= 11 is 0. The third kappa shape index (κ3) is 3.88. The standard InChI is InChI=1S/C17H20N2O4/c1-11(2)7-15-18-16(23-19-15)10-22-17(20)13-8-12-5-3-4-6-14(12)21-9-13/h3-6,11,13H,7-10H2,1-2H3. The van der Waals surface area contributed by atoms with Gasteiger partial charge in [-0.3, -0.25) is 4.79 Å². The Kier molecular flexibility index (Phi) is 4.60. The van der Waals surface area contributed by atoms with Gasteiger partial charge in [0.05, 0.1) is 5.92 Å². The highest BCUT2D eigenvalue weighted by molar-refractivity contribution is 5.73. The lowest BCUT2D eigenvalue weighted by atomic mass is 9.97. The van der Waals surface area contributed by atoms with Crippen LogP contribution in [0.15, 0.2) is 28.8 Å². The van der Waals surface area contributed by atoms with Crippen LogP contribution >= 0.6 is 0 Å². The molecule has 0 N–H and O–H groups in total. The van der Waals surface area contributed by atoms with Gasteiger partial charge in [-0.1, -0.05) is 37.2 Å². The molecule has 0 saturated carbocycles. The van der Waals surface area contributed by atoms with E-state index in [1.807, 2.05) is 24.3 Å². The Morgan fingerprint density at radius 3 is 3.04 bits per heavy atom. The van der Waals surface area contributed by atoms with E-state index in [1.165, 1.54) is 0 Å². The molecule has 0 radical (unpaired) electrons. The molecule has 1 aliphatic rings. The molecule has 1 aromatic carbocycles. The van der Waals surface area contributed by atoms with Crippen LogP contribution in [0.3, 0.4) is 0 Å². The Balaban J connectivity index is 1.53. The lowest BCUT2D eigenvalue weighted by Gasteiger charge is -2.23. The molecule has 1 unspecified atom stereocenters. The van der Waals surface area contributed by atoms with E-state index in [2.05, 4.69) is 24.0 Å². The second-order valence-electron chi connectivity index (χ2n) is 6.13. The predicted molar refractivity (Wildman–Crippen MR) is 81.8 cm³/mol. The number of para-hydroxylation sites is 1. The SMILES string of the molecule is CC(C)Cc1noc(COC(=O)C2COc3ccccc3C2)n1. The average molecular weight is 316 g/mol. The summed E-state index contributed by atoms with van der Waals surface area (Å²) in [5.74, 6) is 1.65. The number of rotatable bonds is 5. The van der Waals surface area contributed by atoms with Crippen LogP contribution in [0.2, 0.25) is 0 Å². The lowest BCUT2D eigenvalue weighted by molar-refractivity contribution is -0.152. The van der Waals surface area contributed by atoms with Gasteiger partial charge < -0.3 is 14.0 Å². The summed E-state index contributed by atoms with van der Waals surface area (Å²) in [5, 5.41) is 3.87. The molecule has 0 bridgehead atoms. The topological polar surface area (TPSA) is 74.5 Å². The maximum atomic E-state index is 12.2. The quantitative estimate of drug-likeness (QED) is 0.789. The number of benzene rings is 1. The molecular weight excluding hydrogens is 296 g/mol. The Labute approximate surface area is 134 Å². The summed E-state index contributed by atoms with van der Waals surface area (Å²) < 4.78 is 16.0. The number of ether oxygens (including phenoxy) is 2. The van der Waals surface area contributed by atoms with Gasteiger partial charge in [0.2, 0.25) is 0 Å². The highest BCUT2D eigenvalue weighted by Crippen LogP contribution is 2.27. The summed E-state index contributed by atoms with van der Waals surface area (Å²) in [4.78, 5) is 16.4. The van der Waals surface area contributed by atoms with Gasteiger partial charge in [-0.05, 0) is 24.0 Å². The van der Waals surface area contributed by atoms with Crippen LogP contribution in [0.1, 0.15) is 31.1 Å². The molecule has 0 amide bonds. The van der Waals surface area contributed by atoms with Crippen LogP contribution < -0.4 is 4.74 Å². The number of aromatic nitrogens is 2. The summed E-state index contributed by atoms with van der Waals surface area (Å²) in [6.45, 7) is 4.49. The Morgan fingerprint density at radius 2 is 2.22 bits per heavy atom. The van der Waals surface area contributed by atoms with E-state index in [0.717, 1.165) is 17.7 Å². The van der Waals surface area contributed by atoms with Crippen molar-refractivity contribution in [1.82, 2.24) is 10.1 Å². The Hall–Kier alpha value is -2.37. The number of esters is 1. The van der Waals surface area contributed by atoms with Crippen LogP contribution in [-0.2, 0) is 29.0 Å². The van der Waals surface area contributed by atoms with E-state index in [1.54, 1.807) is 0 Å². The molecule has 2 aromatic rings. The molecule has 6 heteroatoms. The smallest absolute Gasteiger partial charge is 0.313 e. The molecule has 1 atom stereocenters. The first kappa shape index (κ1) is 15.5. The number of fused-ring (bicyclic) bond motifs is 1. The van der Waals surface area contributed by atoms with E-state index in [9.17, 15) is 4.79 Å². The van der Waals surface area contributed by atoms with E-state index < -0.39 is 0 Å². The molecule has 1 aliphatic heterocycles. The lowest BCUT2D eigenvalue weighted by Crippen LogP contribution is -2.29. The maximum absolute atomic E-state index is 12.2. The first-order chi connectivity index (χ1) is 11.1. The van der Waals surface area contributed by atoms with Gasteiger partial charge in [0, 0.05) is 6.42 Å². The summed E-state index contributed by atoms with van der Waals surface area (Å²) in [6.07, 6.45) is 1.36. The molecule has 0 aliphatic carbocycles. The van der Waals surface area contributed by atoms with Crippen molar-refractivity contribution in [2.24, 2.45) is 11.8 Å². The molecule has 6 nitrogen and oxygen atoms in total. The summed E-state index contributed by atoms with van der Waals surface area (Å²) in [6, 6.07) is 7.73. The molecule has 23 heavy (non-hydrogen) atoms. The molecule has 2 heterocycles. The van der Waals surface area contributed by atoms with Crippen LogP contribution in [0.5, 0.6) is 5.75 Å². The van der Waals surface area contributed by atoms with Gasteiger partial charge >= 0.3 is 5.97 Å². The van der Waals surface area contributed by atoms with Gasteiger partial charge in [0.1, 0.15) is 12.4 Å². The van der Waals surface area contributed by atoms with Crippen LogP contribution in [0.4, 0.5) is 0 Å². The van der Waals surface area contributed by atoms with Gasteiger partial charge in [-0.25, -0.2) is 0 Å². The zero-order valence-electron chi connectivity index (χ0n) is 13.3. The second kappa shape index (κ2) is 6.81. The number of carbonyl (C=O) groups excluding carboxylic acids is 1. The van der Waals surface area contributed by atoms with Crippen molar-refractivity contribution in [2.45, 2.75) is 33.3 Å². The minimum atomic E-state index is -0.303. The molecule has 1 aromatic heterocycles. The molecule has 3 rings (SSSR count). The van der Waals surface area contributed by atoms with Crippen LogP contribution in [0, 0.1) is 11.8 Å². The minimum Gasteiger partial charge on any atom is -0.492 e. The van der Waals surface area contributed by atoms with Gasteiger partial charge in [-0.2, -0.15) is 4.98 Å². The van der Waals surface area contributed by atoms with Crippen molar-refractivity contribution in [2.75, 3.05) is 6.61 Å². The van der Waals surface area contributed by atoms with Gasteiger partial charge in [-0.15, -0.1) is 0 Å². The highest BCUT2D eigenvalue weighted by Gasteiger charge is 2.27. The predicted octanol–water partition coefficient (Wildman–Crippen LogP) is 2.56. The van der Waals surface area contributed by atoms with Crippen molar-refractivity contribution in [3.63, 3.8) is 0 Å². The van der Waals surface area contributed by atoms with E-state index in [-0.39, 0.29) is 18.5 Å². The molecule has 0 fully saturated rings. The third-order valence-corrected chi connectivity index (χ3v) is 3.65. The van der Waals surface area contributed by atoms with Crippen molar-refractivity contribution in [1.29, 1.82) is 0 Å². The van der Waals surface area contributed by atoms with Crippen LogP contribution in [0.25, 0.3) is 0 Å². The third-order valence-electron chi connectivity index (χ3n) is 3.65. The number of hydrogen-bond donors (Lipinski definition) is 0. The second-order valence-corrected chi connectivity index (χ2v) is 6.13. The number of hydrogen-bond acceptors (Lipinski definition) is 6. The largest absolute Gasteiger partial charge is 0.492 e. The molecule has 0 spiro atoms. The van der Waals surface area contributed by atoms with E-state index in [4.69, 9.17) is 14.0 Å². The number of nitrogens with zero attached hydrogens (tertiary/aromatic N) is 2. The fourth-order valence-corrected chi connectivity index (χ4v) is 2.53. The average Bonchev–Trinajstić information content (AvgIpc) is 2.98. The van der Waals surface area contributed by atoms with Gasteiger partial charge in [0.15, 0.2) is 12.4 Å². The first-order valence-corrected chi connectivity index (χ1v) is 7.80. The first-order valence-electron chi connectivity index (χ1n) is 7.80. The fourth-order valence-electron chi connectivity index (χ4n) is 2.53. The minimum absolute atomic E-state index is 0.00206. The summed E-state index contributed by atoms with van der Waals surface area (Å²) in [5.41, 5.74) is 1.03. The van der Waals surface area contributed by atoms with Crippen molar-refractivity contribution in [3.8, 4) is 5.75 Å².